The van der Waals surface area contributed by atoms with Gasteiger partial charge in [-0.05, 0) is 12.1 Å². The fourth-order valence-electron chi connectivity index (χ4n) is 2.07. The Kier molecular flexibility index (Phi) is 4.72. The topological polar surface area (TPSA) is 6.48 Å². The van der Waals surface area contributed by atoms with Crippen LogP contribution in [0.3, 0.4) is 0 Å². The summed E-state index contributed by atoms with van der Waals surface area (Å²) in [6.45, 7) is 5.05. The number of benzene rings is 1. The van der Waals surface area contributed by atoms with Crippen molar-refractivity contribution in [2.75, 3.05) is 37.6 Å². The highest BCUT2D eigenvalue weighted by Gasteiger charge is 2.17. The Labute approximate surface area is 112 Å². The van der Waals surface area contributed by atoms with Gasteiger partial charge < -0.3 is 4.90 Å². The van der Waals surface area contributed by atoms with Gasteiger partial charge in [-0.15, -0.1) is 0 Å². The summed E-state index contributed by atoms with van der Waals surface area (Å²) in [7, 11) is 0. The minimum absolute atomic E-state index is 0.835. The van der Waals surface area contributed by atoms with Crippen molar-refractivity contribution in [3.8, 4) is 0 Å². The van der Waals surface area contributed by atoms with Gasteiger partial charge in [-0.1, -0.05) is 41.4 Å². The van der Waals surface area contributed by atoms with Crippen LogP contribution in [0.15, 0.2) is 35.9 Å². The fourth-order valence-corrected chi connectivity index (χ4v) is 2.40. The molecule has 2 nitrogen and oxygen atoms in total. The van der Waals surface area contributed by atoms with Gasteiger partial charge in [0.05, 0.1) is 10.7 Å². The highest BCUT2D eigenvalue weighted by molar-refractivity contribution is 6.33. The maximum absolute atomic E-state index is 6.19. The normalized spacial score (nSPS) is 17.9. The molecule has 0 aromatic heterocycles. The Morgan fingerprint density at radius 3 is 2.47 bits per heavy atom. The van der Waals surface area contributed by atoms with Crippen molar-refractivity contribution in [1.29, 1.82) is 0 Å². The molecule has 1 heterocycles. The molecule has 0 N–H and O–H groups in total. The summed E-state index contributed by atoms with van der Waals surface area (Å²) in [6, 6.07) is 8.02. The van der Waals surface area contributed by atoms with E-state index in [1.54, 1.807) is 5.54 Å². The van der Waals surface area contributed by atoms with Crippen LogP contribution in [-0.4, -0.2) is 37.6 Å². The third kappa shape index (κ3) is 3.38. The van der Waals surface area contributed by atoms with E-state index < -0.39 is 0 Å². The zero-order valence-electron chi connectivity index (χ0n) is 9.65. The van der Waals surface area contributed by atoms with Crippen molar-refractivity contribution < 1.29 is 0 Å². The molecular formula is C13H16Cl2N2. The third-order valence-electron chi connectivity index (χ3n) is 3.02. The van der Waals surface area contributed by atoms with E-state index in [0.29, 0.717) is 0 Å². The SMILES string of the molecule is Cl/C=C/CN1CCN(c2ccccc2Cl)CC1. The summed E-state index contributed by atoms with van der Waals surface area (Å²) in [6.07, 6.45) is 1.98. The van der Waals surface area contributed by atoms with Crippen LogP contribution >= 0.6 is 23.2 Å². The van der Waals surface area contributed by atoms with Crippen molar-refractivity contribution in [1.82, 2.24) is 4.90 Å². The molecule has 0 spiro atoms. The van der Waals surface area contributed by atoms with Gasteiger partial charge in [0, 0.05) is 38.3 Å². The van der Waals surface area contributed by atoms with Gasteiger partial charge in [-0.2, -0.15) is 0 Å². The van der Waals surface area contributed by atoms with Crippen molar-refractivity contribution in [3.63, 3.8) is 0 Å². The number of nitrogens with zero attached hydrogens (tertiary/aromatic N) is 2. The van der Waals surface area contributed by atoms with Crippen LogP contribution in [0.2, 0.25) is 5.02 Å². The molecule has 1 aromatic carbocycles. The fraction of sp³-hybridized carbons (Fsp3) is 0.385. The summed E-state index contributed by atoms with van der Waals surface area (Å²) in [5.41, 5.74) is 2.72. The molecule has 1 fully saturated rings. The highest BCUT2D eigenvalue weighted by atomic mass is 35.5. The molecule has 0 atom stereocenters. The maximum atomic E-state index is 6.19. The number of anilines is 1. The Bertz CT molecular complexity index is 385. The smallest absolute Gasteiger partial charge is 0.0639 e. The lowest BCUT2D eigenvalue weighted by Crippen LogP contribution is -2.46. The Morgan fingerprint density at radius 2 is 1.82 bits per heavy atom. The lowest BCUT2D eigenvalue weighted by atomic mass is 10.2. The summed E-state index contributed by atoms with van der Waals surface area (Å²) in [5, 5.41) is 0.835. The van der Waals surface area contributed by atoms with E-state index in [1.807, 2.05) is 24.3 Å². The molecule has 1 aromatic rings. The highest BCUT2D eigenvalue weighted by Crippen LogP contribution is 2.25. The number of rotatable bonds is 3. The monoisotopic (exact) mass is 270 g/mol. The van der Waals surface area contributed by atoms with Crippen LogP contribution in [-0.2, 0) is 0 Å². The molecular weight excluding hydrogens is 255 g/mol. The summed E-state index contributed by atoms with van der Waals surface area (Å²) in [5.74, 6) is 0. The van der Waals surface area contributed by atoms with Gasteiger partial charge >= 0.3 is 0 Å². The predicted octanol–water partition coefficient (Wildman–Crippen LogP) is 3.21. The third-order valence-corrected chi connectivity index (χ3v) is 3.52. The van der Waals surface area contributed by atoms with Crippen molar-refractivity contribution in [3.05, 3.63) is 40.9 Å². The van der Waals surface area contributed by atoms with Gasteiger partial charge in [0.25, 0.3) is 0 Å². The second kappa shape index (κ2) is 6.29. The summed E-state index contributed by atoms with van der Waals surface area (Å²) < 4.78 is 0. The molecule has 92 valence electrons. The largest absolute Gasteiger partial charge is 0.368 e. The van der Waals surface area contributed by atoms with Gasteiger partial charge in [-0.3, -0.25) is 4.90 Å². The van der Waals surface area contributed by atoms with Gasteiger partial charge in [0.1, 0.15) is 0 Å². The molecule has 0 radical (unpaired) electrons. The van der Waals surface area contributed by atoms with Gasteiger partial charge in [0.15, 0.2) is 0 Å². The van der Waals surface area contributed by atoms with E-state index in [4.69, 9.17) is 23.2 Å². The van der Waals surface area contributed by atoms with E-state index in [2.05, 4.69) is 15.9 Å². The first kappa shape index (κ1) is 12.7. The number of para-hydroxylation sites is 1. The van der Waals surface area contributed by atoms with Gasteiger partial charge in [-0.25, -0.2) is 0 Å². The summed E-state index contributed by atoms with van der Waals surface area (Å²) >= 11 is 11.7. The predicted molar refractivity (Wildman–Crippen MR) is 75.1 cm³/mol. The minimum Gasteiger partial charge on any atom is -0.368 e. The molecule has 4 heteroatoms. The maximum Gasteiger partial charge on any atom is 0.0639 e. The van der Waals surface area contributed by atoms with E-state index in [1.165, 1.54) is 0 Å². The molecule has 1 aliphatic heterocycles. The molecule has 0 bridgehead atoms. The zero-order valence-corrected chi connectivity index (χ0v) is 11.2. The van der Waals surface area contributed by atoms with Crippen molar-refractivity contribution >= 4 is 28.9 Å². The Morgan fingerprint density at radius 1 is 1.12 bits per heavy atom. The van der Waals surface area contributed by atoms with E-state index >= 15 is 0 Å². The number of hydrogen-bond donors (Lipinski definition) is 0. The second-order valence-corrected chi connectivity index (χ2v) is 4.76. The average Bonchev–Trinajstić information content (AvgIpc) is 2.38. The van der Waals surface area contributed by atoms with Crippen LogP contribution in [0, 0.1) is 0 Å². The quantitative estimate of drug-likeness (QED) is 0.833. The van der Waals surface area contributed by atoms with E-state index in [-0.39, 0.29) is 0 Å². The Hall–Kier alpha value is -0.700. The van der Waals surface area contributed by atoms with E-state index in [9.17, 15) is 0 Å². The molecule has 0 aliphatic carbocycles. The Balaban J connectivity index is 1.93. The van der Waals surface area contributed by atoms with Crippen LogP contribution in [0.25, 0.3) is 0 Å². The van der Waals surface area contributed by atoms with Crippen molar-refractivity contribution in [2.24, 2.45) is 0 Å². The first-order chi connectivity index (χ1) is 8.31. The van der Waals surface area contributed by atoms with E-state index in [0.717, 1.165) is 43.4 Å². The van der Waals surface area contributed by atoms with Crippen LogP contribution in [0.4, 0.5) is 5.69 Å². The van der Waals surface area contributed by atoms with Crippen LogP contribution in [0.5, 0.6) is 0 Å². The standard InChI is InChI=1S/C13H16Cl2N2/c14-6-3-7-16-8-10-17(11-9-16)13-5-2-1-4-12(13)15/h1-6H,7-11H2/b6-3+. The van der Waals surface area contributed by atoms with Crippen LogP contribution in [0.1, 0.15) is 0 Å². The second-order valence-electron chi connectivity index (χ2n) is 4.10. The van der Waals surface area contributed by atoms with Crippen LogP contribution < -0.4 is 4.90 Å². The molecule has 17 heavy (non-hydrogen) atoms. The zero-order chi connectivity index (χ0) is 12.1. The molecule has 0 amide bonds. The molecule has 1 saturated heterocycles. The number of hydrogen-bond acceptors (Lipinski definition) is 2. The number of halogens is 2. The van der Waals surface area contributed by atoms with Crippen molar-refractivity contribution in [2.45, 2.75) is 0 Å². The summed E-state index contributed by atoms with van der Waals surface area (Å²) in [4.78, 5) is 4.72. The number of piperazine rings is 1. The first-order valence-corrected chi connectivity index (χ1v) is 6.60. The average molecular weight is 271 g/mol. The molecule has 1 aliphatic rings. The first-order valence-electron chi connectivity index (χ1n) is 5.78. The van der Waals surface area contributed by atoms with Gasteiger partial charge in [0.2, 0.25) is 0 Å². The molecule has 0 saturated carbocycles. The minimum atomic E-state index is 0.835. The lowest BCUT2D eigenvalue weighted by molar-refractivity contribution is 0.284. The molecule has 0 unspecified atom stereocenters. The lowest BCUT2D eigenvalue weighted by Gasteiger charge is -2.35. The molecule has 2 rings (SSSR count).